The number of benzene rings is 1. The van der Waals surface area contributed by atoms with Gasteiger partial charge in [-0.25, -0.2) is 4.79 Å². The molecule has 1 aliphatic rings. The largest absolute Gasteiger partial charge is 0.476 e. The number of ether oxygens (including phenoxy) is 2. The van der Waals surface area contributed by atoms with E-state index in [1.807, 2.05) is 0 Å². The summed E-state index contributed by atoms with van der Waals surface area (Å²) >= 11 is 0. The zero-order valence-corrected chi connectivity index (χ0v) is 15.7. The number of anilines is 1. The fraction of sp³-hybridized carbons (Fsp3) is 0.611. The van der Waals surface area contributed by atoms with Crippen LogP contribution in [-0.4, -0.2) is 36.4 Å². The van der Waals surface area contributed by atoms with Crippen molar-refractivity contribution in [2.45, 2.75) is 63.5 Å². The molecule has 1 aromatic rings. The minimum atomic E-state index is -5.84. The van der Waals surface area contributed by atoms with E-state index in [1.165, 1.54) is 0 Å². The molecule has 0 aromatic heterocycles. The standard InChI is InChI=1S/C18H23F5N2O3/c1-16(2,3)28-15(26)14(12-5-4-8-25-12)27-13-9-10(24)6-7-11(13)17(19,20)18(21,22)23/h6-7,9,12,14,25H,4-5,8,24H2,1-3H3/t12?,14-/m1/s1. The molecule has 3 N–H and O–H groups in total. The van der Waals surface area contributed by atoms with Crippen LogP contribution in [-0.2, 0) is 15.5 Å². The molecule has 1 aliphatic heterocycles. The molecule has 1 aromatic carbocycles. The predicted octanol–water partition coefficient (Wildman–Crippen LogP) is 3.76. The summed E-state index contributed by atoms with van der Waals surface area (Å²) in [5.41, 5.74) is 3.15. The average molecular weight is 410 g/mol. The van der Waals surface area contributed by atoms with Gasteiger partial charge >= 0.3 is 18.1 Å². The second-order valence-electron chi connectivity index (χ2n) is 7.60. The maximum absolute atomic E-state index is 14.0. The number of halogens is 5. The first-order valence-corrected chi connectivity index (χ1v) is 8.70. The van der Waals surface area contributed by atoms with Gasteiger partial charge < -0.3 is 20.5 Å². The summed E-state index contributed by atoms with van der Waals surface area (Å²) in [5.74, 6) is -6.86. The van der Waals surface area contributed by atoms with Gasteiger partial charge in [0.05, 0.1) is 11.6 Å². The second-order valence-corrected chi connectivity index (χ2v) is 7.60. The minimum Gasteiger partial charge on any atom is -0.476 e. The Hall–Kier alpha value is -2.10. The summed E-state index contributed by atoms with van der Waals surface area (Å²) in [6.07, 6.45) is -6.09. The van der Waals surface area contributed by atoms with Crippen LogP contribution in [0.2, 0.25) is 0 Å². The van der Waals surface area contributed by atoms with Crippen molar-refractivity contribution in [3.8, 4) is 5.75 Å². The van der Waals surface area contributed by atoms with Crippen molar-refractivity contribution < 1.29 is 36.2 Å². The molecule has 158 valence electrons. The molecule has 5 nitrogen and oxygen atoms in total. The molecule has 0 bridgehead atoms. The molecule has 0 saturated carbocycles. The fourth-order valence-electron chi connectivity index (χ4n) is 2.81. The van der Waals surface area contributed by atoms with Crippen LogP contribution < -0.4 is 15.8 Å². The Kier molecular flexibility index (Phi) is 6.13. The third-order valence-electron chi connectivity index (χ3n) is 4.06. The zero-order chi connectivity index (χ0) is 21.3. The van der Waals surface area contributed by atoms with Gasteiger partial charge in [0.1, 0.15) is 11.4 Å². The molecule has 1 fully saturated rings. The Bertz CT molecular complexity index is 710. The normalized spacial score (nSPS) is 19.4. The Morgan fingerprint density at radius 1 is 1.21 bits per heavy atom. The molecule has 1 heterocycles. The van der Waals surface area contributed by atoms with Crippen LogP contribution in [0.5, 0.6) is 5.75 Å². The fourth-order valence-corrected chi connectivity index (χ4v) is 2.81. The molecule has 2 rings (SSSR count). The van der Waals surface area contributed by atoms with Gasteiger partial charge in [-0.05, 0) is 52.3 Å². The quantitative estimate of drug-likeness (QED) is 0.439. The highest BCUT2D eigenvalue weighted by Gasteiger charge is 2.60. The molecule has 0 spiro atoms. The second kappa shape index (κ2) is 7.73. The van der Waals surface area contributed by atoms with E-state index in [-0.39, 0.29) is 5.69 Å². The highest BCUT2D eigenvalue weighted by Crippen LogP contribution is 2.47. The predicted molar refractivity (Wildman–Crippen MR) is 92.1 cm³/mol. The van der Waals surface area contributed by atoms with Crippen LogP contribution in [0.4, 0.5) is 27.6 Å². The Morgan fingerprint density at radius 2 is 1.86 bits per heavy atom. The smallest absolute Gasteiger partial charge is 0.458 e. The van der Waals surface area contributed by atoms with Gasteiger partial charge in [-0.3, -0.25) is 0 Å². The van der Waals surface area contributed by atoms with Crippen LogP contribution in [0.1, 0.15) is 39.2 Å². The lowest BCUT2D eigenvalue weighted by Crippen LogP contribution is -2.47. The summed E-state index contributed by atoms with van der Waals surface area (Å²) in [6.45, 7) is 5.37. The molecular formula is C18H23F5N2O3. The van der Waals surface area contributed by atoms with E-state index in [1.54, 1.807) is 20.8 Å². The van der Waals surface area contributed by atoms with Crippen molar-refractivity contribution in [3.05, 3.63) is 23.8 Å². The number of rotatable bonds is 5. The number of nitrogens with one attached hydrogen (secondary N) is 1. The number of carbonyl (C=O) groups is 1. The molecule has 2 atom stereocenters. The van der Waals surface area contributed by atoms with Crippen LogP contribution in [0.3, 0.4) is 0 Å². The van der Waals surface area contributed by atoms with E-state index in [4.69, 9.17) is 15.2 Å². The summed E-state index contributed by atoms with van der Waals surface area (Å²) < 4.78 is 77.3. The van der Waals surface area contributed by atoms with Gasteiger partial charge in [-0.15, -0.1) is 0 Å². The van der Waals surface area contributed by atoms with Gasteiger partial charge in [-0.2, -0.15) is 22.0 Å². The molecule has 1 unspecified atom stereocenters. The highest BCUT2D eigenvalue weighted by molar-refractivity contribution is 5.77. The van der Waals surface area contributed by atoms with E-state index >= 15 is 0 Å². The number of hydrogen-bond acceptors (Lipinski definition) is 5. The van der Waals surface area contributed by atoms with Crippen LogP contribution in [0.25, 0.3) is 0 Å². The van der Waals surface area contributed by atoms with Gasteiger partial charge in [0.2, 0.25) is 6.10 Å². The molecule has 28 heavy (non-hydrogen) atoms. The Balaban J connectivity index is 2.43. The topological polar surface area (TPSA) is 73.6 Å². The van der Waals surface area contributed by atoms with Crippen molar-refractivity contribution in [2.24, 2.45) is 0 Å². The van der Waals surface area contributed by atoms with E-state index in [2.05, 4.69) is 5.32 Å². The summed E-state index contributed by atoms with van der Waals surface area (Å²) in [7, 11) is 0. The lowest BCUT2D eigenvalue weighted by atomic mass is 10.0. The molecule has 0 aliphatic carbocycles. The van der Waals surface area contributed by atoms with Crippen molar-refractivity contribution in [1.29, 1.82) is 0 Å². The van der Waals surface area contributed by atoms with Gasteiger partial charge in [0.25, 0.3) is 0 Å². The molecule has 0 radical (unpaired) electrons. The van der Waals surface area contributed by atoms with Gasteiger partial charge in [0.15, 0.2) is 0 Å². The SMILES string of the molecule is CC(C)(C)OC(=O)[C@H](Oc1cc(N)ccc1C(F)(F)C(F)(F)F)C1CCCN1. The number of esters is 1. The minimum absolute atomic E-state index is 0.0842. The van der Waals surface area contributed by atoms with Crippen molar-refractivity contribution in [3.63, 3.8) is 0 Å². The maximum Gasteiger partial charge on any atom is 0.458 e. The molecule has 1 saturated heterocycles. The van der Waals surface area contributed by atoms with E-state index < -0.39 is 47.1 Å². The number of carbonyl (C=O) groups excluding carboxylic acids is 1. The molecule has 0 amide bonds. The number of nitrogens with two attached hydrogens (primary N) is 1. The van der Waals surface area contributed by atoms with E-state index in [0.717, 1.165) is 12.1 Å². The maximum atomic E-state index is 14.0. The summed E-state index contributed by atoms with van der Waals surface area (Å²) in [6, 6.07) is 1.72. The first-order valence-electron chi connectivity index (χ1n) is 8.70. The van der Waals surface area contributed by atoms with Crippen LogP contribution in [0.15, 0.2) is 18.2 Å². The van der Waals surface area contributed by atoms with Gasteiger partial charge in [-0.1, -0.05) is 0 Å². The molecular weight excluding hydrogens is 387 g/mol. The van der Waals surface area contributed by atoms with Crippen LogP contribution in [0, 0.1) is 0 Å². The zero-order valence-electron chi connectivity index (χ0n) is 15.7. The first-order chi connectivity index (χ1) is 12.7. The van der Waals surface area contributed by atoms with Crippen molar-refractivity contribution in [2.75, 3.05) is 12.3 Å². The van der Waals surface area contributed by atoms with Crippen molar-refractivity contribution >= 4 is 11.7 Å². The monoisotopic (exact) mass is 410 g/mol. The lowest BCUT2D eigenvalue weighted by Gasteiger charge is -2.29. The third-order valence-corrected chi connectivity index (χ3v) is 4.06. The van der Waals surface area contributed by atoms with E-state index in [9.17, 15) is 26.7 Å². The Labute approximate surface area is 159 Å². The number of nitrogen functional groups attached to an aromatic ring is 1. The van der Waals surface area contributed by atoms with Crippen LogP contribution >= 0.6 is 0 Å². The first kappa shape index (κ1) is 22.2. The lowest BCUT2D eigenvalue weighted by molar-refractivity contribution is -0.289. The van der Waals surface area contributed by atoms with E-state index in [0.29, 0.717) is 25.5 Å². The highest BCUT2D eigenvalue weighted by atomic mass is 19.4. The summed E-state index contributed by atoms with van der Waals surface area (Å²) in [5, 5.41) is 2.98. The Morgan fingerprint density at radius 3 is 2.36 bits per heavy atom. The number of alkyl halides is 5. The average Bonchev–Trinajstić information content (AvgIpc) is 3.03. The third kappa shape index (κ3) is 5.03. The van der Waals surface area contributed by atoms with Crippen molar-refractivity contribution in [1.82, 2.24) is 5.32 Å². The van der Waals surface area contributed by atoms with Gasteiger partial charge in [0, 0.05) is 11.8 Å². The molecule has 10 heteroatoms. The summed E-state index contributed by atoms with van der Waals surface area (Å²) in [4.78, 5) is 12.6. The number of hydrogen-bond donors (Lipinski definition) is 2.